The van der Waals surface area contributed by atoms with Crippen molar-refractivity contribution in [3.8, 4) is 0 Å². The summed E-state index contributed by atoms with van der Waals surface area (Å²) in [5, 5.41) is -1.78. The van der Waals surface area contributed by atoms with E-state index in [1.54, 1.807) is 0 Å². The molecule has 1 amide bonds. The van der Waals surface area contributed by atoms with Crippen LogP contribution in [0.15, 0.2) is 0 Å². The van der Waals surface area contributed by atoms with Crippen molar-refractivity contribution in [2.45, 2.75) is 31.8 Å². The molecule has 0 fully saturated rings. The van der Waals surface area contributed by atoms with Gasteiger partial charge in [-0.3, -0.25) is 15.1 Å². The first kappa shape index (κ1) is 11.6. The van der Waals surface area contributed by atoms with E-state index in [-0.39, 0.29) is 12.8 Å². The lowest BCUT2D eigenvalue weighted by atomic mass is 10.0. The van der Waals surface area contributed by atoms with Crippen LogP contribution in [-0.4, -0.2) is 20.9 Å². The van der Waals surface area contributed by atoms with E-state index in [2.05, 4.69) is 0 Å². The summed E-state index contributed by atoms with van der Waals surface area (Å²) >= 11 is 0. The zero-order valence-electron chi connectivity index (χ0n) is 7.07. The van der Waals surface area contributed by atoms with Crippen molar-refractivity contribution in [1.29, 1.82) is 0 Å². The van der Waals surface area contributed by atoms with Gasteiger partial charge in [0.15, 0.2) is 5.16 Å². The second-order valence-corrected chi connectivity index (χ2v) is 4.56. The topological polar surface area (TPSA) is 98.4 Å². The van der Waals surface area contributed by atoms with E-state index in [1.165, 1.54) is 13.8 Å². The van der Waals surface area contributed by atoms with Gasteiger partial charge in [-0.15, -0.1) is 0 Å². The van der Waals surface area contributed by atoms with Crippen molar-refractivity contribution >= 4 is 13.5 Å². The first-order valence-corrected chi connectivity index (χ1v) is 5.24. The van der Waals surface area contributed by atoms with Crippen LogP contribution in [0.4, 0.5) is 0 Å². The van der Waals surface area contributed by atoms with Crippen LogP contribution in [-0.2, 0) is 9.36 Å². The summed E-state index contributed by atoms with van der Waals surface area (Å²) in [5.74, 6) is -1.18. The summed E-state index contributed by atoms with van der Waals surface area (Å²) in [7, 11) is -4.50. The lowest BCUT2D eigenvalue weighted by molar-refractivity contribution is -0.121. The van der Waals surface area contributed by atoms with Crippen LogP contribution < -0.4 is 5.73 Å². The highest BCUT2D eigenvalue weighted by Crippen LogP contribution is 2.54. The molecule has 0 aliphatic rings. The van der Waals surface area contributed by atoms with E-state index < -0.39 is 18.7 Å². The van der Waals surface area contributed by atoms with Crippen molar-refractivity contribution in [1.82, 2.24) is 5.73 Å². The predicted molar refractivity (Wildman–Crippen MR) is 43.5 cm³/mol. The van der Waals surface area contributed by atoms with Crippen molar-refractivity contribution < 1.29 is 19.1 Å². The molecule has 0 aliphatic carbocycles. The molecule has 1 radical (unpaired) electrons. The maximum Gasteiger partial charge on any atom is 0.341 e. The standard InChI is InChI=1S/C6H13NO4P/c1-3-6(4-2,5(7)8)12(9,10)11/h7H,3-4H2,1-2H3,(H2,9,10,11). The Morgan fingerprint density at radius 2 is 1.75 bits per heavy atom. The molecule has 12 heavy (non-hydrogen) atoms. The quantitative estimate of drug-likeness (QED) is 0.637. The van der Waals surface area contributed by atoms with Gasteiger partial charge in [0.1, 0.15) is 0 Å². The van der Waals surface area contributed by atoms with E-state index >= 15 is 0 Å². The predicted octanol–water partition coefficient (Wildman–Crippen LogP) is 0.532. The average Bonchev–Trinajstić information content (AvgIpc) is 1.87. The molecule has 0 aromatic rings. The third-order valence-corrected chi connectivity index (χ3v) is 4.10. The van der Waals surface area contributed by atoms with Crippen LogP contribution in [0.5, 0.6) is 0 Å². The second kappa shape index (κ2) is 3.56. The molecule has 0 saturated carbocycles. The first-order valence-electron chi connectivity index (χ1n) is 3.63. The fourth-order valence-electron chi connectivity index (χ4n) is 1.12. The Balaban J connectivity index is 5.12. The smallest absolute Gasteiger partial charge is 0.324 e. The van der Waals surface area contributed by atoms with Gasteiger partial charge in [0.25, 0.3) is 5.91 Å². The number of hydrogen-bond donors (Lipinski definition) is 2. The summed E-state index contributed by atoms with van der Waals surface area (Å²) in [6.45, 7) is 2.99. The Kier molecular flexibility index (Phi) is 3.45. The van der Waals surface area contributed by atoms with Gasteiger partial charge in [0, 0.05) is 0 Å². The van der Waals surface area contributed by atoms with Gasteiger partial charge in [-0.1, -0.05) is 13.8 Å². The molecule has 0 aromatic carbocycles. The molecule has 0 atom stereocenters. The van der Waals surface area contributed by atoms with Crippen LogP contribution in [0.3, 0.4) is 0 Å². The van der Waals surface area contributed by atoms with Crippen molar-refractivity contribution in [2.75, 3.05) is 0 Å². The summed E-state index contributed by atoms with van der Waals surface area (Å²) < 4.78 is 10.9. The Hall–Kier alpha value is -0.380. The third kappa shape index (κ3) is 1.68. The summed E-state index contributed by atoms with van der Waals surface area (Å²) in [4.78, 5) is 28.5. The van der Waals surface area contributed by atoms with Gasteiger partial charge in [-0.2, -0.15) is 0 Å². The Morgan fingerprint density at radius 3 is 1.75 bits per heavy atom. The SMILES string of the molecule is CCC(CC)(C([NH])=O)P(=O)(O)O. The minimum Gasteiger partial charge on any atom is -0.324 e. The minimum atomic E-state index is -4.50. The Bertz CT molecular complexity index is 218. The van der Waals surface area contributed by atoms with Gasteiger partial charge >= 0.3 is 7.60 Å². The summed E-state index contributed by atoms with van der Waals surface area (Å²) in [5.41, 5.74) is 6.81. The summed E-state index contributed by atoms with van der Waals surface area (Å²) in [6, 6.07) is 0. The maximum absolute atomic E-state index is 10.9. The molecule has 0 saturated heterocycles. The molecule has 5 nitrogen and oxygen atoms in total. The highest BCUT2D eigenvalue weighted by atomic mass is 31.2. The lowest BCUT2D eigenvalue weighted by Gasteiger charge is -2.27. The van der Waals surface area contributed by atoms with E-state index in [4.69, 9.17) is 15.5 Å². The number of rotatable bonds is 4. The largest absolute Gasteiger partial charge is 0.341 e. The third-order valence-electron chi connectivity index (χ3n) is 2.15. The van der Waals surface area contributed by atoms with Crippen LogP contribution >= 0.6 is 7.60 Å². The number of carbonyl (C=O) groups is 1. The van der Waals surface area contributed by atoms with Crippen molar-refractivity contribution in [3.63, 3.8) is 0 Å². The lowest BCUT2D eigenvalue weighted by Crippen LogP contribution is -2.37. The number of amides is 1. The zero-order chi connectivity index (χ0) is 9.99. The first-order chi connectivity index (χ1) is 5.31. The molecule has 0 rings (SSSR count). The highest BCUT2D eigenvalue weighted by Gasteiger charge is 2.49. The normalized spacial score (nSPS) is 13.0. The number of carbonyl (C=O) groups excluding carboxylic acids is 1. The molecular formula is C6H13NO4P. The van der Waals surface area contributed by atoms with Gasteiger partial charge in [-0.25, -0.2) is 0 Å². The van der Waals surface area contributed by atoms with Gasteiger partial charge < -0.3 is 9.79 Å². The zero-order valence-corrected chi connectivity index (χ0v) is 7.97. The monoisotopic (exact) mass is 194 g/mol. The number of nitrogens with one attached hydrogen (secondary N) is 1. The van der Waals surface area contributed by atoms with Crippen molar-refractivity contribution in [2.24, 2.45) is 0 Å². The minimum absolute atomic E-state index is 0.00386. The molecule has 0 aromatic heterocycles. The Labute approximate surface area is 71.1 Å². The highest BCUT2D eigenvalue weighted by molar-refractivity contribution is 7.54. The Morgan fingerprint density at radius 1 is 1.42 bits per heavy atom. The molecule has 71 valence electrons. The number of hydrogen-bond acceptors (Lipinski definition) is 2. The molecular weight excluding hydrogens is 181 g/mol. The fraction of sp³-hybridized carbons (Fsp3) is 0.833. The van der Waals surface area contributed by atoms with Crippen LogP contribution in [0.1, 0.15) is 26.7 Å². The fourth-order valence-corrected chi connectivity index (χ4v) is 2.20. The van der Waals surface area contributed by atoms with Gasteiger partial charge in [-0.05, 0) is 12.8 Å². The summed E-state index contributed by atoms with van der Waals surface area (Å²) in [6.07, 6.45) is -0.00772. The average molecular weight is 194 g/mol. The van der Waals surface area contributed by atoms with Crippen LogP contribution in [0.25, 0.3) is 0 Å². The molecule has 0 spiro atoms. The molecule has 6 heteroatoms. The maximum atomic E-state index is 10.9. The second-order valence-electron chi connectivity index (χ2n) is 2.61. The molecule has 0 heterocycles. The van der Waals surface area contributed by atoms with Gasteiger partial charge in [0.2, 0.25) is 0 Å². The molecule has 0 unspecified atom stereocenters. The molecule has 0 bridgehead atoms. The van der Waals surface area contributed by atoms with E-state index in [0.29, 0.717) is 0 Å². The van der Waals surface area contributed by atoms with E-state index in [1.807, 2.05) is 0 Å². The van der Waals surface area contributed by atoms with Gasteiger partial charge in [0.05, 0.1) is 0 Å². The molecule has 0 aliphatic heterocycles. The van der Waals surface area contributed by atoms with Crippen molar-refractivity contribution in [3.05, 3.63) is 0 Å². The van der Waals surface area contributed by atoms with Crippen LogP contribution in [0, 0.1) is 0 Å². The van der Waals surface area contributed by atoms with E-state index in [9.17, 15) is 9.36 Å². The van der Waals surface area contributed by atoms with Crippen LogP contribution in [0.2, 0.25) is 0 Å². The molecule has 3 N–H and O–H groups in total. The van der Waals surface area contributed by atoms with E-state index in [0.717, 1.165) is 0 Å².